The number of carbonyl (C=O) groups is 1. The lowest BCUT2D eigenvalue weighted by Gasteiger charge is -2.26. The van der Waals surface area contributed by atoms with Crippen LogP contribution in [0.4, 0.5) is 5.69 Å². The summed E-state index contributed by atoms with van der Waals surface area (Å²) in [5.74, 6) is 0.159. The van der Waals surface area contributed by atoms with Gasteiger partial charge in [0.1, 0.15) is 0 Å². The summed E-state index contributed by atoms with van der Waals surface area (Å²) in [5, 5.41) is 3.65. The van der Waals surface area contributed by atoms with Crippen molar-refractivity contribution in [1.29, 1.82) is 0 Å². The third-order valence-corrected chi connectivity index (χ3v) is 2.95. The van der Waals surface area contributed by atoms with E-state index in [1.165, 1.54) is 0 Å². The average Bonchev–Trinajstić information content (AvgIpc) is 2.60. The Kier molecular flexibility index (Phi) is 2.83. The molecular formula is C12H17N3O. The number of rotatable bonds is 2. The van der Waals surface area contributed by atoms with E-state index in [-0.39, 0.29) is 11.9 Å². The van der Waals surface area contributed by atoms with E-state index in [2.05, 4.69) is 0 Å². The monoisotopic (exact) mass is 219 g/mol. The molecule has 1 saturated heterocycles. The zero-order valence-corrected chi connectivity index (χ0v) is 9.68. The number of nitrogens with two attached hydrogens (primary N) is 1. The van der Waals surface area contributed by atoms with Gasteiger partial charge in [-0.1, -0.05) is 12.1 Å². The van der Waals surface area contributed by atoms with E-state index >= 15 is 0 Å². The minimum Gasteiger partial charge on any atom is -0.324 e. The number of hydrogen-bond acceptors (Lipinski definition) is 3. The Hall–Kier alpha value is -1.55. The highest BCUT2D eigenvalue weighted by molar-refractivity contribution is 5.81. The van der Waals surface area contributed by atoms with Crippen LogP contribution in [-0.4, -0.2) is 24.5 Å². The van der Waals surface area contributed by atoms with Crippen LogP contribution >= 0.6 is 0 Å². The number of hydrazine groups is 1. The lowest BCUT2D eigenvalue weighted by atomic mass is 10.1. The van der Waals surface area contributed by atoms with Crippen LogP contribution < -0.4 is 10.7 Å². The number of carbonyl (C=O) groups excluding carboxylic acids is 1. The summed E-state index contributed by atoms with van der Waals surface area (Å²) in [4.78, 5) is 11.4. The van der Waals surface area contributed by atoms with Crippen molar-refractivity contribution in [3.05, 3.63) is 29.8 Å². The quantitative estimate of drug-likeness (QED) is 0.815. The van der Waals surface area contributed by atoms with Gasteiger partial charge in [0, 0.05) is 26.1 Å². The van der Waals surface area contributed by atoms with Crippen LogP contribution in [-0.2, 0) is 4.79 Å². The van der Waals surface area contributed by atoms with Crippen LogP contribution in [0.2, 0.25) is 0 Å². The van der Waals surface area contributed by atoms with Crippen molar-refractivity contribution in [3.8, 4) is 0 Å². The summed E-state index contributed by atoms with van der Waals surface area (Å²) in [7, 11) is 1.80. The van der Waals surface area contributed by atoms with Crippen molar-refractivity contribution < 1.29 is 4.79 Å². The van der Waals surface area contributed by atoms with Crippen molar-refractivity contribution in [2.45, 2.75) is 19.4 Å². The van der Waals surface area contributed by atoms with E-state index in [0.29, 0.717) is 6.42 Å². The molecule has 4 heteroatoms. The molecule has 0 aromatic heterocycles. The van der Waals surface area contributed by atoms with Gasteiger partial charge in [0.15, 0.2) is 0 Å². The molecule has 0 aliphatic carbocycles. The molecule has 1 aromatic rings. The lowest BCUT2D eigenvalue weighted by molar-refractivity contribution is -0.126. The summed E-state index contributed by atoms with van der Waals surface area (Å²) in [5.41, 5.74) is 7.96. The van der Waals surface area contributed by atoms with Crippen molar-refractivity contribution >= 4 is 11.6 Å². The van der Waals surface area contributed by atoms with E-state index < -0.39 is 0 Å². The Labute approximate surface area is 95.6 Å². The Morgan fingerprint density at radius 3 is 2.75 bits per heavy atom. The van der Waals surface area contributed by atoms with Crippen LogP contribution in [0.15, 0.2) is 24.3 Å². The van der Waals surface area contributed by atoms with Crippen LogP contribution in [0.3, 0.4) is 0 Å². The molecule has 1 fully saturated rings. The maximum atomic E-state index is 11.4. The first-order chi connectivity index (χ1) is 7.59. The molecule has 1 atom stereocenters. The topological polar surface area (TPSA) is 49.6 Å². The second kappa shape index (κ2) is 4.14. The van der Waals surface area contributed by atoms with Crippen molar-refractivity contribution in [1.82, 2.24) is 5.01 Å². The van der Waals surface area contributed by atoms with Gasteiger partial charge >= 0.3 is 0 Å². The van der Waals surface area contributed by atoms with E-state index in [9.17, 15) is 4.79 Å². The van der Waals surface area contributed by atoms with Gasteiger partial charge in [-0.15, -0.1) is 0 Å². The molecule has 1 aromatic carbocycles. The molecule has 1 unspecified atom stereocenters. The Morgan fingerprint density at radius 2 is 2.19 bits per heavy atom. The van der Waals surface area contributed by atoms with Gasteiger partial charge in [-0.3, -0.25) is 14.8 Å². The first-order valence-electron chi connectivity index (χ1n) is 5.49. The van der Waals surface area contributed by atoms with E-state index in [0.717, 1.165) is 17.8 Å². The number of anilines is 1. The molecule has 2 N–H and O–H groups in total. The third-order valence-electron chi connectivity index (χ3n) is 2.95. The molecule has 0 spiro atoms. The predicted molar refractivity (Wildman–Crippen MR) is 63.8 cm³/mol. The summed E-state index contributed by atoms with van der Waals surface area (Å²) in [6, 6.07) is 8.04. The molecular weight excluding hydrogens is 202 g/mol. The molecule has 0 bridgehead atoms. The summed E-state index contributed by atoms with van der Waals surface area (Å²) in [6.07, 6.45) is 0.582. The highest BCUT2D eigenvalue weighted by Gasteiger charge is 2.25. The van der Waals surface area contributed by atoms with E-state index in [1.54, 1.807) is 12.1 Å². The van der Waals surface area contributed by atoms with Crippen molar-refractivity contribution in [2.24, 2.45) is 5.73 Å². The highest BCUT2D eigenvalue weighted by Crippen LogP contribution is 2.23. The van der Waals surface area contributed by atoms with Gasteiger partial charge in [0.2, 0.25) is 5.91 Å². The van der Waals surface area contributed by atoms with E-state index in [4.69, 9.17) is 5.73 Å². The van der Waals surface area contributed by atoms with Gasteiger partial charge in [-0.05, 0) is 24.6 Å². The first-order valence-corrected chi connectivity index (χ1v) is 5.49. The first kappa shape index (κ1) is 11.0. The zero-order valence-electron chi connectivity index (χ0n) is 9.68. The lowest BCUT2D eigenvalue weighted by Crippen LogP contribution is -2.35. The molecule has 1 aliphatic heterocycles. The smallest absolute Gasteiger partial charge is 0.242 e. The molecule has 16 heavy (non-hydrogen) atoms. The standard InChI is InChI=1S/C12H17N3O/c1-9(13)10-4-3-5-11(8-10)15-7-6-12(16)14(15)2/h3-5,8-9H,6-7,13H2,1-2H3. The molecule has 0 radical (unpaired) electrons. The molecule has 0 saturated carbocycles. The van der Waals surface area contributed by atoms with Crippen molar-refractivity contribution in [3.63, 3.8) is 0 Å². The predicted octanol–water partition coefficient (Wildman–Crippen LogP) is 1.29. The Balaban J connectivity index is 2.27. The van der Waals surface area contributed by atoms with Gasteiger partial charge in [-0.25, -0.2) is 0 Å². The number of hydrogen-bond donors (Lipinski definition) is 1. The number of amides is 1. The summed E-state index contributed by atoms with van der Waals surface area (Å²) in [6.45, 7) is 2.70. The second-order valence-corrected chi connectivity index (χ2v) is 4.17. The van der Waals surface area contributed by atoms with E-state index in [1.807, 2.05) is 36.2 Å². The molecule has 86 valence electrons. The average molecular weight is 219 g/mol. The summed E-state index contributed by atoms with van der Waals surface area (Å²) >= 11 is 0. The molecule has 1 amide bonds. The fourth-order valence-electron chi connectivity index (χ4n) is 1.92. The minimum atomic E-state index is 0.0172. The maximum Gasteiger partial charge on any atom is 0.242 e. The molecule has 1 aliphatic rings. The second-order valence-electron chi connectivity index (χ2n) is 4.17. The normalized spacial score (nSPS) is 18.1. The minimum absolute atomic E-state index is 0.0172. The maximum absolute atomic E-state index is 11.4. The molecule has 1 heterocycles. The van der Waals surface area contributed by atoms with Gasteiger partial charge in [0.05, 0.1) is 5.69 Å². The summed E-state index contributed by atoms with van der Waals surface area (Å²) < 4.78 is 0. The number of benzene rings is 1. The van der Waals surface area contributed by atoms with Gasteiger partial charge < -0.3 is 5.73 Å². The molecule has 4 nitrogen and oxygen atoms in total. The largest absolute Gasteiger partial charge is 0.324 e. The third kappa shape index (κ3) is 1.88. The van der Waals surface area contributed by atoms with Crippen LogP contribution in [0, 0.1) is 0 Å². The van der Waals surface area contributed by atoms with Gasteiger partial charge in [-0.2, -0.15) is 0 Å². The Morgan fingerprint density at radius 1 is 1.44 bits per heavy atom. The number of nitrogens with zero attached hydrogens (tertiary/aromatic N) is 2. The SMILES string of the molecule is CC(N)c1cccc(N2CCC(=O)N2C)c1. The fraction of sp³-hybridized carbons (Fsp3) is 0.417. The van der Waals surface area contributed by atoms with Gasteiger partial charge in [0.25, 0.3) is 0 Å². The Bertz CT molecular complexity index is 403. The fourth-order valence-corrected chi connectivity index (χ4v) is 1.92. The molecule has 2 rings (SSSR count). The van der Waals surface area contributed by atoms with Crippen molar-refractivity contribution in [2.75, 3.05) is 18.6 Å². The zero-order chi connectivity index (χ0) is 11.7. The van der Waals surface area contributed by atoms with Crippen LogP contribution in [0.25, 0.3) is 0 Å². The highest BCUT2D eigenvalue weighted by atomic mass is 16.2. The van der Waals surface area contributed by atoms with Crippen LogP contribution in [0.1, 0.15) is 24.9 Å². The van der Waals surface area contributed by atoms with Crippen LogP contribution in [0.5, 0.6) is 0 Å².